The van der Waals surface area contributed by atoms with E-state index in [1.165, 1.54) is 4.88 Å². The van der Waals surface area contributed by atoms with Crippen molar-refractivity contribution in [2.24, 2.45) is 5.73 Å². The molecule has 3 heteroatoms. The molecule has 2 nitrogen and oxygen atoms in total. The van der Waals surface area contributed by atoms with Crippen molar-refractivity contribution in [3.8, 4) is 0 Å². The topological polar surface area (TPSA) is 38.9 Å². The minimum absolute atomic E-state index is 0.249. The second-order valence-electron chi connectivity index (χ2n) is 2.54. The first-order chi connectivity index (χ1) is 4.70. The van der Waals surface area contributed by atoms with E-state index < -0.39 is 0 Å². The lowest BCUT2D eigenvalue weighted by Crippen LogP contribution is -2.17. The number of thiazole rings is 1. The van der Waals surface area contributed by atoms with Gasteiger partial charge in [0, 0.05) is 10.9 Å². The fourth-order valence-corrected chi connectivity index (χ4v) is 1.73. The Labute approximate surface area is 65.1 Å². The lowest BCUT2D eigenvalue weighted by Gasteiger charge is -2.01. The average Bonchev–Trinajstić information content (AvgIpc) is 2.15. The Morgan fingerprint density at radius 2 is 2.50 bits per heavy atom. The van der Waals surface area contributed by atoms with Gasteiger partial charge < -0.3 is 5.73 Å². The molecule has 0 saturated heterocycles. The van der Waals surface area contributed by atoms with Crippen LogP contribution < -0.4 is 5.73 Å². The molecule has 0 amide bonds. The lowest BCUT2D eigenvalue weighted by molar-refractivity contribution is 0.742. The summed E-state index contributed by atoms with van der Waals surface area (Å²) >= 11 is 1.69. The minimum atomic E-state index is 0.249. The van der Waals surface area contributed by atoms with Crippen LogP contribution in [0.2, 0.25) is 0 Å². The zero-order valence-electron chi connectivity index (χ0n) is 6.29. The van der Waals surface area contributed by atoms with Gasteiger partial charge in [0.25, 0.3) is 0 Å². The molecule has 1 aromatic rings. The van der Waals surface area contributed by atoms with Crippen LogP contribution in [0.3, 0.4) is 0 Å². The van der Waals surface area contributed by atoms with Crippen LogP contribution in [-0.4, -0.2) is 11.0 Å². The largest absolute Gasteiger partial charge is 0.328 e. The molecule has 0 saturated carbocycles. The van der Waals surface area contributed by atoms with E-state index in [-0.39, 0.29) is 6.04 Å². The van der Waals surface area contributed by atoms with Gasteiger partial charge in [-0.15, -0.1) is 11.3 Å². The number of nitrogens with two attached hydrogens (primary N) is 1. The molecule has 1 heterocycles. The molecule has 1 rings (SSSR count). The van der Waals surface area contributed by atoms with Crippen molar-refractivity contribution in [1.82, 2.24) is 4.98 Å². The second kappa shape index (κ2) is 3.12. The highest BCUT2D eigenvalue weighted by atomic mass is 32.1. The normalized spacial score (nSPS) is 13.5. The van der Waals surface area contributed by atoms with Gasteiger partial charge in [-0.05, 0) is 20.3 Å². The number of hydrogen-bond donors (Lipinski definition) is 1. The maximum absolute atomic E-state index is 5.63. The fraction of sp³-hybridized carbons (Fsp3) is 0.571. The van der Waals surface area contributed by atoms with E-state index in [0.717, 1.165) is 12.1 Å². The van der Waals surface area contributed by atoms with Crippen molar-refractivity contribution >= 4 is 11.3 Å². The first-order valence-corrected chi connectivity index (χ1v) is 4.22. The Morgan fingerprint density at radius 3 is 2.90 bits per heavy atom. The third kappa shape index (κ3) is 1.78. The maximum atomic E-state index is 5.63. The summed E-state index contributed by atoms with van der Waals surface area (Å²) in [5, 5.41) is 0. The molecule has 1 atom stereocenters. The molecule has 1 aromatic heterocycles. The number of aromatic nitrogens is 1. The highest BCUT2D eigenvalue weighted by molar-refractivity contribution is 7.09. The lowest BCUT2D eigenvalue weighted by atomic mass is 10.2. The quantitative estimate of drug-likeness (QED) is 0.701. The van der Waals surface area contributed by atoms with Crippen LogP contribution >= 0.6 is 11.3 Å². The van der Waals surface area contributed by atoms with Gasteiger partial charge in [-0.1, -0.05) is 0 Å². The van der Waals surface area contributed by atoms with Gasteiger partial charge in [-0.2, -0.15) is 0 Å². The van der Waals surface area contributed by atoms with Crippen LogP contribution in [0.25, 0.3) is 0 Å². The van der Waals surface area contributed by atoms with E-state index in [9.17, 15) is 0 Å². The number of hydrogen-bond acceptors (Lipinski definition) is 3. The van der Waals surface area contributed by atoms with Crippen molar-refractivity contribution in [3.63, 3.8) is 0 Å². The second-order valence-corrected chi connectivity index (χ2v) is 3.48. The van der Waals surface area contributed by atoms with Crippen LogP contribution in [0.5, 0.6) is 0 Å². The van der Waals surface area contributed by atoms with E-state index in [1.807, 2.05) is 19.4 Å². The highest BCUT2D eigenvalue weighted by Gasteiger charge is 2.02. The SMILES string of the molecule is Cc1ncsc1CC(C)N. The molecule has 2 N–H and O–H groups in total. The van der Waals surface area contributed by atoms with Gasteiger partial charge >= 0.3 is 0 Å². The Morgan fingerprint density at radius 1 is 1.80 bits per heavy atom. The van der Waals surface area contributed by atoms with Crippen molar-refractivity contribution < 1.29 is 0 Å². The summed E-state index contributed by atoms with van der Waals surface area (Å²) in [5.74, 6) is 0. The molecule has 0 aliphatic heterocycles. The van der Waals surface area contributed by atoms with E-state index in [1.54, 1.807) is 11.3 Å². The van der Waals surface area contributed by atoms with Crippen molar-refractivity contribution in [2.45, 2.75) is 26.3 Å². The summed E-state index contributed by atoms with van der Waals surface area (Å²) in [6.07, 6.45) is 0.955. The van der Waals surface area contributed by atoms with Gasteiger partial charge in [0.05, 0.1) is 11.2 Å². The number of rotatable bonds is 2. The zero-order valence-corrected chi connectivity index (χ0v) is 7.11. The van der Waals surface area contributed by atoms with E-state index >= 15 is 0 Å². The molecule has 0 spiro atoms. The molecule has 56 valence electrons. The van der Waals surface area contributed by atoms with Gasteiger partial charge in [0.2, 0.25) is 0 Å². The Hall–Kier alpha value is -0.410. The van der Waals surface area contributed by atoms with Gasteiger partial charge in [-0.25, -0.2) is 4.98 Å². The van der Waals surface area contributed by atoms with Crippen LogP contribution in [0.15, 0.2) is 5.51 Å². The van der Waals surface area contributed by atoms with E-state index in [4.69, 9.17) is 5.73 Å². The standard InChI is InChI=1S/C7H12N2S/c1-5(8)3-7-6(2)9-4-10-7/h4-5H,3,8H2,1-2H3. The smallest absolute Gasteiger partial charge is 0.0797 e. The summed E-state index contributed by atoms with van der Waals surface area (Å²) in [4.78, 5) is 5.45. The maximum Gasteiger partial charge on any atom is 0.0797 e. The summed E-state index contributed by atoms with van der Waals surface area (Å²) < 4.78 is 0. The summed E-state index contributed by atoms with van der Waals surface area (Å²) in [6.45, 7) is 4.04. The number of aryl methyl sites for hydroxylation is 1. The molecule has 0 bridgehead atoms. The Bertz CT molecular complexity index is 205. The van der Waals surface area contributed by atoms with E-state index in [2.05, 4.69) is 4.98 Å². The summed E-state index contributed by atoms with van der Waals surface area (Å²) in [7, 11) is 0. The van der Waals surface area contributed by atoms with Gasteiger partial charge in [0.15, 0.2) is 0 Å². The number of nitrogens with zero attached hydrogens (tertiary/aromatic N) is 1. The van der Waals surface area contributed by atoms with Gasteiger partial charge in [-0.3, -0.25) is 0 Å². The van der Waals surface area contributed by atoms with Crippen molar-refractivity contribution in [1.29, 1.82) is 0 Å². The van der Waals surface area contributed by atoms with Crippen molar-refractivity contribution in [2.75, 3.05) is 0 Å². The minimum Gasteiger partial charge on any atom is -0.328 e. The predicted octanol–water partition coefficient (Wildman–Crippen LogP) is 1.34. The van der Waals surface area contributed by atoms with Crippen LogP contribution in [0.4, 0.5) is 0 Å². The molecular formula is C7H12N2S. The monoisotopic (exact) mass is 156 g/mol. The fourth-order valence-electron chi connectivity index (χ4n) is 0.815. The van der Waals surface area contributed by atoms with Crippen LogP contribution in [-0.2, 0) is 6.42 Å². The Balaban J connectivity index is 2.65. The molecular weight excluding hydrogens is 144 g/mol. The molecule has 0 aliphatic carbocycles. The summed E-state index contributed by atoms with van der Waals surface area (Å²) in [5.41, 5.74) is 8.63. The van der Waals surface area contributed by atoms with Crippen LogP contribution in [0.1, 0.15) is 17.5 Å². The first kappa shape index (κ1) is 7.69. The third-order valence-electron chi connectivity index (χ3n) is 1.35. The molecule has 0 fully saturated rings. The molecule has 0 aromatic carbocycles. The Kier molecular flexibility index (Phi) is 2.40. The first-order valence-electron chi connectivity index (χ1n) is 3.34. The molecule has 10 heavy (non-hydrogen) atoms. The highest BCUT2D eigenvalue weighted by Crippen LogP contribution is 2.13. The third-order valence-corrected chi connectivity index (χ3v) is 2.31. The van der Waals surface area contributed by atoms with E-state index in [0.29, 0.717) is 0 Å². The average molecular weight is 156 g/mol. The molecule has 0 radical (unpaired) electrons. The van der Waals surface area contributed by atoms with Gasteiger partial charge in [0.1, 0.15) is 0 Å². The summed E-state index contributed by atoms with van der Waals surface area (Å²) in [6, 6.07) is 0.249. The molecule has 0 aliphatic rings. The van der Waals surface area contributed by atoms with Crippen LogP contribution in [0, 0.1) is 6.92 Å². The predicted molar refractivity (Wildman–Crippen MR) is 44.2 cm³/mol. The van der Waals surface area contributed by atoms with Crippen molar-refractivity contribution in [3.05, 3.63) is 16.1 Å². The zero-order chi connectivity index (χ0) is 7.56. The molecule has 1 unspecified atom stereocenters.